The van der Waals surface area contributed by atoms with Crippen LogP contribution in [-0.4, -0.2) is 41.3 Å². The molecule has 0 atom stereocenters. The van der Waals surface area contributed by atoms with Crippen LogP contribution in [0.15, 0.2) is 24.3 Å². The van der Waals surface area contributed by atoms with Crippen molar-refractivity contribution in [1.82, 2.24) is 4.90 Å². The summed E-state index contributed by atoms with van der Waals surface area (Å²) in [6, 6.07) is 7.08. The SMILES string of the molecule is CC1(C)COCCN1Cc1ccc(C(=O)O)cc1. The molecule has 0 amide bonds. The third-order valence-electron chi connectivity index (χ3n) is 3.39. The fraction of sp³-hybridized carbons (Fsp3) is 0.500. The molecule has 1 aromatic carbocycles. The summed E-state index contributed by atoms with van der Waals surface area (Å²) in [6.45, 7) is 7.57. The molecule has 0 spiro atoms. The van der Waals surface area contributed by atoms with Gasteiger partial charge in [0.15, 0.2) is 0 Å². The van der Waals surface area contributed by atoms with E-state index in [-0.39, 0.29) is 5.54 Å². The number of hydrogen-bond acceptors (Lipinski definition) is 3. The summed E-state index contributed by atoms with van der Waals surface area (Å²) in [6.07, 6.45) is 0. The fourth-order valence-electron chi connectivity index (χ4n) is 2.16. The van der Waals surface area contributed by atoms with E-state index >= 15 is 0 Å². The lowest BCUT2D eigenvalue weighted by molar-refractivity contribution is -0.0552. The first-order chi connectivity index (χ1) is 8.49. The van der Waals surface area contributed by atoms with Gasteiger partial charge in [-0.15, -0.1) is 0 Å². The number of morpholine rings is 1. The predicted octanol–water partition coefficient (Wildman–Crippen LogP) is 2.00. The molecule has 0 radical (unpaired) electrons. The van der Waals surface area contributed by atoms with E-state index in [4.69, 9.17) is 9.84 Å². The van der Waals surface area contributed by atoms with Crippen molar-refractivity contribution in [3.63, 3.8) is 0 Å². The summed E-state index contributed by atoms with van der Waals surface area (Å²) < 4.78 is 5.48. The maximum absolute atomic E-state index is 10.8. The van der Waals surface area contributed by atoms with Gasteiger partial charge in [0.2, 0.25) is 0 Å². The van der Waals surface area contributed by atoms with Gasteiger partial charge in [-0.25, -0.2) is 4.79 Å². The highest BCUT2D eigenvalue weighted by Crippen LogP contribution is 2.21. The Labute approximate surface area is 107 Å². The number of rotatable bonds is 3. The fourth-order valence-corrected chi connectivity index (χ4v) is 2.16. The van der Waals surface area contributed by atoms with Crippen LogP contribution in [0.4, 0.5) is 0 Å². The van der Waals surface area contributed by atoms with E-state index in [1.807, 2.05) is 12.1 Å². The number of carboxylic acids is 1. The Bertz CT molecular complexity index is 425. The van der Waals surface area contributed by atoms with E-state index in [2.05, 4.69) is 18.7 Å². The standard InChI is InChI=1S/C14H19NO3/c1-14(2)10-18-8-7-15(14)9-11-3-5-12(6-4-11)13(16)17/h3-6H,7-10H2,1-2H3,(H,16,17). The molecule has 98 valence electrons. The Balaban J connectivity index is 2.06. The first kappa shape index (κ1) is 13.1. The highest BCUT2D eigenvalue weighted by atomic mass is 16.5. The third kappa shape index (κ3) is 2.89. The lowest BCUT2D eigenvalue weighted by Crippen LogP contribution is -2.52. The van der Waals surface area contributed by atoms with Gasteiger partial charge in [0.1, 0.15) is 0 Å². The van der Waals surface area contributed by atoms with Crippen molar-refractivity contribution in [3.8, 4) is 0 Å². The molecule has 1 saturated heterocycles. The molecule has 2 rings (SSSR count). The van der Waals surface area contributed by atoms with E-state index in [0.717, 1.165) is 31.9 Å². The average Bonchev–Trinajstić information content (AvgIpc) is 2.32. The zero-order valence-electron chi connectivity index (χ0n) is 10.8. The number of aromatic carboxylic acids is 1. The Morgan fingerprint density at radius 1 is 1.39 bits per heavy atom. The van der Waals surface area contributed by atoms with E-state index < -0.39 is 5.97 Å². The van der Waals surface area contributed by atoms with Crippen LogP contribution in [0.2, 0.25) is 0 Å². The molecule has 1 fully saturated rings. The van der Waals surface area contributed by atoms with Gasteiger partial charge in [0.05, 0.1) is 18.8 Å². The third-order valence-corrected chi connectivity index (χ3v) is 3.39. The minimum atomic E-state index is -0.881. The Morgan fingerprint density at radius 2 is 2.06 bits per heavy atom. The second kappa shape index (κ2) is 5.08. The van der Waals surface area contributed by atoms with E-state index in [1.165, 1.54) is 0 Å². The zero-order chi connectivity index (χ0) is 13.2. The minimum absolute atomic E-state index is 0.0315. The van der Waals surface area contributed by atoms with Gasteiger partial charge in [-0.05, 0) is 31.5 Å². The normalized spacial score (nSPS) is 19.7. The number of carbonyl (C=O) groups is 1. The molecule has 0 aromatic heterocycles. The molecule has 0 saturated carbocycles. The number of nitrogens with zero attached hydrogens (tertiary/aromatic N) is 1. The second-order valence-electron chi connectivity index (χ2n) is 5.29. The van der Waals surface area contributed by atoms with Crippen LogP contribution in [0.5, 0.6) is 0 Å². The van der Waals surface area contributed by atoms with Crippen LogP contribution in [0.1, 0.15) is 29.8 Å². The highest BCUT2D eigenvalue weighted by molar-refractivity contribution is 5.87. The summed E-state index contributed by atoms with van der Waals surface area (Å²) in [5.74, 6) is -0.881. The molecule has 1 aromatic rings. The molecule has 4 nitrogen and oxygen atoms in total. The van der Waals surface area contributed by atoms with Crippen LogP contribution in [-0.2, 0) is 11.3 Å². The van der Waals surface area contributed by atoms with Gasteiger partial charge in [0, 0.05) is 18.6 Å². The van der Waals surface area contributed by atoms with Gasteiger partial charge in [0.25, 0.3) is 0 Å². The van der Waals surface area contributed by atoms with Crippen LogP contribution < -0.4 is 0 Å². The van der Waals surface area contributed by atoms with Gasteiger partial charge >= 0.3 is 5.97 Å². The van der Waals surface area contributed by atoms with Crippen molar-refractivity contribution < 1.29 is 14.6 Å². The van der Waals surface area contributed by atoms with Crippen molar-refractivity contribution in [3.05, 3.63) is 35.4 Å². The maximum Gasteiger partial charge on any atom is 0.335 e. The zero-order valence-corrected chi connectivity index (χ0v) is 10.8. The number of benzene rings is 1. The largest absolute Gasteiger partial charge is 0.478 e. The molecule has 1 aliphatic rings. The second-order valence-corrected chi connectivity index (χ2v) is 5.29. The molecule has 1 heterocycles. The smallest absolute Gasteiger partial charge is 0.335 e. The van der Waals surface area contributed by atoms with Crippen molar-refractivity contribution in [1.29, 1.82) is 0 Å². The molecular formula is C14H19NO3. The first-order valence-electron chi connectivity index (χ1n) is 6.14. The highest BCUT2D eigenvalue weighted by Gasteiger charge is 2.30. The molecule has 0 bridgehead atoms. The quantitative estimate of drug-likeness (QED) is 0.890. The topological polar surface area (TPSA) is 49.8 Å². The average molecular weight is 249 g/mol. The van der Waals surface area contributed by atoms with Crippen molar-refractivity contribution in [2.45, 2.75) is 25.9 Å². The first-order valence-corrected chi connectivity index (χ1v) is 6.14. The summed E-state index contributed by atoms with van der Waals surface area (Å²) in [5, 5.41) is 8.85. The monoisotopic (exact) mass is 249 g/mol. The summed E-state index contributed by atoms with van der Waals surface area (Å²) >= 11 is 0. The van der Waals surface area contributed by atoms with Crippen molar-refractivity contribution in [2.75, 3.05) is 19.8 Å². The molecule has 0 unspecified atom stereocenters. The molecule has 1 aliphatic heterocycles. The van der Waals surface area contributed by atoms with E-state index in [9.17, 15) is 4.79 Å². The number of hydrogen-bond donors (Lipinski definition) is 1. The molecule has 0 aliphatic carbocycles. The summed E-state index contributed by atoms with van der Waals surface area (Å²) in [7, 11) is 0. The number of ether oxygens (including phenoxy) is 1. The Hall–Kier alpha value is -1.39. The summed E-state index contributed by atoms with van der Waals surface area (Å²) in [4.78, 5) is 13.1. The van der Waals surface area contributed by atoms with E-state index in [1.54, 1.807) is 12.1 Å². The summed E-state index contributed by atoms with van der Waals surface area (Å²) in [5.41, 5.74) is 1.50. The molecule has 1 N–H and O–H groups in total. The van der Waals surface area contributed by atoms with Crippen LogP contribution >= 0.6 is 0 Å². The van der Waals surface area contributed by atoms with Crippen molar-refractivity contribution >= 4 is 5.97 Å². The molecular weight excluding hydrogens is 230 g/mol. The van der Waals surface area contributed by atoms with E-state index in [0.29, 0.717) is 5.56 Å². The maximum atomic E-state index is 10.8. The van der Waals surface area contributed by atoms with Gasteiger partial charge in [-0.3, -0.25) is 4.90 Å². The lowest BCUT2D eigenvalue weighted by atomic mass is 10.0. The predicted molar refractivity (Wildman–Crippen MR) is 68.7 cm³/mol. The Kier molecular flexibility index (Phi) is 3.68. The van der Waals surface area contributed by atoms with Gasteiger partial charge < -0.3 is 9.84 Å². The molecule has 4 heteroatoms. The van der Waals surface area contributed by atoms with Crippen LogP contribution in [0, 0.1) is 0 Å². The lowest BCUT2D eigenvalue weighted by Gasteiger charge is -2.42. The Morgan fingerprint density at radius 3 is 2.61 bits per heavy atom. The van der Waals surface area contributed by atoms with Crippen LogP contribution in [0.25, 0.3) is 0 Å². The van der Waals surface area contributed by atoms with Gasteiger partial charge in [-0.2, -0.15) is 0 Å². The van der Waals surface area contributed by atoms with Crippen molar-refractivity contribution in [2.24, 2.45) is 0 Å². The van der Waals surface area contributed by atoms with Crippen LogP contribution in [0.3, 0.4) is 0 Å². The molecule has 18 heavy (non-hydrogen) atoms. The number of carboxylic acid groups (broad SMARTS) is 1. The minimum Gasteiger partial charge on any atom is -0.478 e. The van der Waals surface area contributed by atoms with Gasteiger partial charge in [-0.1, -0.05) is 12.1 Å².